The molecule has 1 aromatic rings. The molecule has 2 aliphatic rings. The van der Waals surface area contributed by atoms with Crippen LogP contribution < -0.4 is 15.0 Å². The van der Waals surface area contributed by atoms with Crippen molar-refractivity contribution in [3.05, 3.63) is 17.8 Å². The zero-order valence-electron chi connectivity index (χ0n) is 19.4. The molecule has 32 heavy (non-hydrogen) atoms. The minimum atomic E-state index is -1.10. The third-order valence-corrected chi connectivity index (χ3v) is 6.56. The molecule has 2 atom stereocenters. The van der Waals surface area contributed by atoms with E-state index < -0.39 is 17.4 Å². The predicted octanol–water partition coefficient (Wildman–Crippen LogP) is 1.78. The first kappa shape index (κ1) is 24.3. The number of amides is 1. The number of aromatic nitrogens is 1. The summed E-state index contributed by atoms with van der Waals surface area (Å²) in [7, 11) is 1.69. The summed E-state index contributed by atoms with van der Waals surface area (Å²) >= 11 is 0. The molecule has 1 aliphatic carbocycles. The number of aliphatic hydroxyl groups excluding tert-OH is 1. The van der Waals surface area contributed by atoms with E-state index in [1.54, 1.807) is 20.1 Å². The Morgan fingerprint density at radius 3 is 2.50 bits per heavy atom. The minimum absolute atomic E-state index is 0.155. The molecule has 0 radical (unpaired) electrons. The monoisotopic (exact) mass is 449 g/mol. The van der Waals surface area contributed by atoms with E-state index in [0.717, 1.165) is 25.2 Å². The molecular weight excluding hydrogens is 414 g/mol. The van der Waals surface area contributed by atoms with E-state index in [1.165, 1.54) is 0 Å². The maximum absolute atomic E-state index is 13.0. The van der Waals surface area contributed by atoms with Gasteiger partial charge in [-0.25, -0.2) is 9.78 Å². The van der Waals surface area contributed by atoms with E-state index in [4.69, 9.17) is 14.2 Å². The fourth-order valence-corrected chi connectivity index (χ4v) is 3.93. The first-order valence-electron chi connectivity index (χ1n) is 11.4. The number of methoxy groups -OCH3 is 1. The van der Waals surface area contributed by atoms with Crippen molar-refractivity contribution >= 4 is 17.6 Å². The Kier molecular flexibility index (Phi) is 7.95. The van der Waals surface area contributed by atoms with Crippen LogP contribution in [0.25, 0.3) is 0 Å². The quantitative estimate of drug-likeness (QED) is 0.465. The Balaban J connectivity index is 1.78. The highest BCUT2D eigenvalue weighted by atomic mass is 16.5. The van der Waals surface area contributed by atoms with Gasteiger partial charge in [0.05, 0.1) is 19.3 Å². The highest BCUT2D eigenvalue weighted by Gasteiger charge is 2.40. The number of aliphatic hydroxyl groups is 1. The topological polar surface area (TPSA) is 110 Å². The third kappa shape index (κ3) is 5.15. The van der Waals surface area contributed by atoms with Gasteiger partial charge < -0.3 is 29.5 Å². The van der Waals surface area contributed by atoms with Crippen molar-refractivity contribution in [2.75, 3.05) is 44.9 Å². The third-order valence-electron chi connectivity index (χ3n) is 6.56. The fourth-order valence-electron chi connectivity index (χ4n) is 3.93. The van der Waals surface area contributed by atoms with Crippen molar-refractivity contribution in [2.45, 2.75) is 51.7 Å². The maximum Gasteiger partial charge on any atom is 0.331 e. The van der Waals surface area contributed by atoms with Crippen molar-refractivity contribution in [3.8, 4) is 5.88 Å². The summed E-state index contributed by atoms with van der Waals surface area (Å²) in [6.07, 6.45) is 1.90. The lowest BCUT2D eigenvalue weighted by Crippen LogP contribution is -2.54. The number of carbonyl (C=O) groups is 2. The van der Waals surface area contributed by atoms with Crippen LogP contribution in [0.15, 0.2) is 12.1 Å². The normalized spacial score (nSPS) is 20.5. The molecule has 1 saturated carbocycles. The molecule has 0 spiro atoms. The molecule has 9 heteroatoms. The second-order valence-electron chi connectivity index (χ2n) is 8.50. The van der Waals surface area contributed by atoms with Gasteiger partial charge in [0, 0.05) is 26.8 Å². The number of esters is 1. The number of carbonyl (C=O) groups excluding carboxylic acids is 2. The largest absolute Gasteiger partial charge is 0.476 e. The van der Waals surface area contributed by atoms with Crippen LogP contribution >= 0.6 is 0 Å². The number of nitrogens with zero attached hydrogens (tertiary/aromatic N) is 2. The second kappa shape index (κ2) is 10.5. The number of nitrogens with one attached hydrogen (secondary N) is 1. The molecule has 1 saturated heterocycles. The standard InChI is InChI=1S/C23H35N3O6/c1-5-23(6-2,22(29)31-7-3)25-20(28)18-8-9-19(26-11-17(12-26)30-4)21(24-18)32-14-16-10-15(16)13-27/h8-9,15-17,27H,5-7,10-14H2,1-4H3,(H,25,28). The van der Waals surface area contributed by atoms with Crippen LogP contribution in [0.5, 0.6) is 5.88 Å². The number of anilines is 1. The zero-order valence-corrected chi connectivity index (χ0v) is 19.4. The van der Waals surface area contributed by atoms with Crippen LogP contribution in [0, 0.1) is 11.8 Å². The molecule has 3 rings (SSSR count). The Bertz CT molecular complexity index is 807. The number of rotatable bonds is 12. The molecule has 2 unspecified atom stereocenters. The van der Waals surface area contributed by atoms with E-state index in [2.05, 4.69) is 15.2 Å². The van der Waals surface area contributed by atoms with Crippen LogP contribution in [0.1, 0.15) is 50.5 Å². The van der Waals surface area contributed by atoms with Gasteiger partial charge in [0.2, 0.25) is 5.88 Å². The first-order valence-corrected chi connectivity index (χ1v) is 11.4. The number of ether oxygens (including phenoxy) is 3. The number of pyridine rings is 1. The summed E-state index contributed by atoms with van der Waals surface area (Å²) in [4.78, 5) is 32.2. The van der Waals surface area contributed by atoms with Crippen molar-refractivity contribution in [3.63, 3.8) is 0 Å². The van der Waals surface area contributed by atoms with Gasteiger partial charge in [-0.3, -0.25) is 4.79 Å². The highest BCUT2D eigenvalue weighted by molar-refractivity contribution is 5.97. The number of hydrogen-bond acceptors (Lipinski definition) is 8. The van der Waals surface area contributed by atoms with Gasteiger partial charge in [-0.2, -0.15) is 0 Å². The first-order chi connectivity index (χ1) is 15.4. The summed E-state index contributed by atoms with van der Waals surface area (Å²) in [5.74, 6) is 0.0566. The van der Waals surface area contributed by atoms with Crippen LogP contribution in [0.3, 0.4) is 0 Å². The molecule has 1 aliphatic heterocycles. The van der Waals surface area contributed by atoms with Crippen LogP contribution in [-0.4, -0.2) is 73.6 Å². The molecule has 2 heterocycles. The van der Waals surface area contributed by atoms with Gasteiger partial charge in [-0.1, -0.05) is 13.8 Å². The lowest BCUT2D eigenvalue weighted by Gasteiger charge is -2.40. The Hall–Kier alpha value is -2.39. The lowest BCUT2D eigenvalue weighted by atomic mass is 9.92. The Morgan fingerprint density at radius 2 is 1.94 bits per heavy atom. The van der Waals surface area contributed by atoms with Gasteiger partial charge in [-0.15, -0.1) is 0 Å². The molecule has 0 bridgehead atoms. The summed E-state index contributed by atoms with van der Waals surface area (Å²) < 4.78 is 16.6. The Labute approximate surface area is 189 Å². The molecule has 0 aromatic carbocycles. The van der Waals surface area contributed by atoms with E-state index in [-0.39, 0.29) is 30.9 Å². The summed E-state index contributed by atoms with van der Waals surface area (Å²) in [6, 6.07) is 3.47. The zero-order chi connectivity index (χ0) is 23.3. The smallest absolute Gasteiger partial charge is 0.331 e. The summed E-state index contributed by atoms with van der Waals surface area (Å²) in [6.45, 7) is 7.71. The van der Waals surface area contributed by atoms with Gasteiger partial charge in [-0.05, 0) is 50.2 Å². The molecule has 1 amide bonds. The van der Waals surface area contributed by atoms with E-state index >= 15 is 0 Å². The summed E-state index contributed by atoms with van der Waals surface area (Å²) in [5.41, 5.74) is -0.115. The predicted molar refractivity (Wildman–Crippen MR) is 119 cm³/mol. The average molecular weight is 450 g/mol. The molecule has 9 nitrogen and oxygen atoms in total. The van der Waals surface area contributed by atoms with Gasteiger partial charge >= 0.3 is 5.97 Å². The van der Waals surface area contributed by atoms with Crippen molar-refractivity contribution in [1.29, 1.82) is 0 Å². The molecule has 1 aromatic heterocycles. The lowest BCUT2D eigenvalue weighted by molar-refractivity contribution is -0.151. The van der Waals surface area contributed by atoms with E-state index in [9.17, 15) is 14.7 Å². The molecular formula is C23H35N3O6. The molecule has 2 N–H and O–H groups in total. The van der Waals surface area contributed by atoms with Crippen LogP contribution in [0.2, 0.25) is 0 Å². The highest BCUT2D eigenvalue weighted by Crippen LogP contribution is 2.39. The SMILES string of the molecule is CCOC(=O)C(CC)(CC)NC(=O)c1ccc(N2CC(OC)C2)c(OCC2CC2CO)n1. The number of hydrogen-bond donors (Lipinski definition) is 2. The fraction of sp³-hybridized carbons (Fsp3) is 0.696. The molecule has 2 fully saturated rings. The van der Waals surface area contributed by atoms with Crippen molar-refractivity contribution in [1.82, 2.24) is 10.3 Å². The van der Waals surface area contributed by atoms with Crippen LogP contribution in [0.4, 0.5) is 5.69 Å². The van der Waals surface area contributed by atoms with Gasteiger partial charge in [0.1, 0.15) is 16.9 Å². The Morgan fingerprint density at radius 1 is 1.22 bits per heavy atom. The van der Waals surface area contributed by atoms with Crippen molar-refractivity contribution in [2.24, 2.45) is 11.8 Å². The van der Waals surface area contributed by atoms with Gasteiger partial charge in [0.15, 0.2) is 0 Å². The maximum atomic E-state index is 13.0. The minimum Gasteiger partial charge on any atom is -0.476 e. The van der Waals surface area contributed by atoms with Gasteiger partial charge in [0.25, 0.3) is 5.91 Å². The van der Waals surface area contributed by atoms with E-state index in [1.807, 2.05) is 19.9 Å². The van der Waals surface area contributed by atoms with E-state index in [0.29, 0.717) is 31.2 Å². The van der Waals surface area contributed by atoms with Crippen molar-refractivity contribution < 1.29 is 28.9 Å². The average Bonchev–Trinajstić information content (AvgIpc) is 3.54. The summed E-state index contributed by atoms with van der Waals surface area (Å²) in [5, 5.41) is 12.1. The van der Waals surface area contributed by atoms with Crippen LogP contribution in [-0.2, 0) is 14.3 Å². The second-order valence-corrected chi connectivity index (χ2v) is 8.50. The molecule has 178 valence electrons.